The Morgan fingerprint density at radius 2 is 2.00 bits per heavy atom. The van der Waals surface area contributed by atoms with Crippen LogP contribution in [0.4, 0.5) is 0 Å². The number of ketones is 1. The molecule has 0 saturated heterocycles. The largest absolute Gasteiger partial charge is 0.289 e. The van der Waals surface area contributed by atoms with Gasteiger partial charge in [-0.15, -0.1) is 0 Å². The lowest BCUT2D eigenvalue weighted by Crippen LogP contribution is -1.94. The van der Waals surface area contributed by atoms with Crippen LogP contribution in [0.2, 0.25) is 0 Å². The fraction of sp³-hybridized carbons (Fsp3) is 0.0714. The second kappa shape index (κ2) is 3.56. The number of rotatable bonds is 0. The Morgan fingerprint density at radius 3 is 2.88 bits per heavy atom. The third kappa shape index (κ3) is 1.34. The maximum atomic E-state index is 12.2. The van der Waals surface area contributed by atoms with Crippen LogP contribution in [0.1, 0.15) is 22.3 Å². The third-order valence-electron chi connectivity index (χ3n) is 2.91. The number of halogens is 1. The Kier molecular flexibility index (Phi) is 2.18. The first-order valence-corrected chi connectivity index (χ1v) is 5.98. The van der Waals surface area contributed by atoms with Gasteiger partial charge in [-0.2, -0.15) is 0 Å². The Bertz CT molecular complexity index is 576. The van der Waals surface area contributed by atoms with Gasteiger partial charge in [0.1, 0.15) is 0 Å². The van der Waals surface area contributed by atoms with E-state index in [-0.39, 0.29) is 5.78 Å². The van der Waals surface area contributed by atoms with Crippen molar-refractivity contribution in [1.29, 1.82) is 0 Å². The Hall–Kier alpha value is -1.41. The predicted molar refractivity (Wildman–Crippen MR) is 68.3 cm³/mol. The molecular weight excluding hydrogens is 264 g/mol. The molecule has 1 aromatic rings. The van der Waals surface area contributed by atoms with Crippen LogP contribution in [0.5, 0.6) is 0 Å². The van der Waals surface area contributed by atoms with Gasteiger partial charge in [0.15, 0.2) is 5.78 Å². The molecular formula is C14H9BrO. The molecule has 2 aliphatic carbocycles. The number of benzene rings is 1. The van der Waals surface area contributed by atoms with Gasteiger partial charge in [-0.3, -0.25) is 4.79 Å². The highest BCUT2D eigenvalue weighted by Crippen LogP contribution is 2.38. The molecule has 3 rings (SSSR count). The van der Waals surface area contributed by atoms with E-state index < -0.39 is 0 Å². The van der Waals surface area contributed by atoms with Crippen molar-refractivity contribution in [3.63, 3.8) is 0 Å². The fourth-order valence-corrected chi connectivity index (χ4v) is 2.52. The molecule has 0 bridgehead atoms. The molecule has 0 saturated carbocycles. The van der Waals surface area contributed by atoms with Crippen molar-refractivity contribution in [3.8, 4) is 0 Å². The topological polar surface area (TPSA) is 17.1 Å². The first-order valence-electron chi connectivity index (χ1n) is 5.19. The van der Waals surface area contributed by atoms with Crippen molar-refractivity contribution in [2.24, 2.45) is 0 Å². The average molecular weight is 273 g/mol. The van der Waals surface area contributed by atoms with Gasteiger partial charge in [0, 0.05) is 15.6 Å². The summed E-state index contributed by atoms with van der Waals surface area (Å²) in [4.78, 5) is 12.2. The summed E-state index contributed by atoms with van der Waals surface area (Å²) < 4.78 is 0.952. The van der Waals surface area contributed by atoms with Crippen LogP contribution >= 0.6 is 15.9 Å². The van der Waals surface area contributed by atoms with Crippen LogP contribution in [-0.4, -0.2) is 5.78 Å². The molecule has 0 fully saturated rings. The van der Waals surface area contributed by atoms with Crippen LogP contribution in [-0.2, 0) is 0 Å². The SMILES string of the molecule is O=C1C2=CCC=CC=C2c2ccc(Br)cc21. The molecule has 1 nitrogen and oxygen atoms in total. The number of hydrogen-bond acceptors (Lipinski definition) is 1. The molecule has 0 atom stereocenters. The molecule has 0 unspecified atom stereocenters. The highest BCUT2D eigenvalue weighted by atomic mass is 79.9. The number of hydrogen-bond donors (Lipinski definition) is 0. The lowest BCUT2D eigenvalue weighted by molar-refractivity contribution is 0.104. The standard InChI is InChI=1S/C14H9BrO/c15-9-6-7-11-10-4-2-1-3-5-12(10)14(16)13(11)8-9/h1-2,4-8H,3H2. The van der Waals surface area contributed by atoms with E-state index in [4.69, 9.17) is 0 Å². The Balaban J connectivity index is 2.30. The van der Waals surface area contributed by atoms with E-state index in [0.717, 1.165) is 33.2 Å². The lowest BCUT2D eigenvalue weighted by atomic mass is 10.1. The summed E-state index contributed by atoms with van der Waals surface area (Å²) in [7, 11) is 0. The molecule has 0 spiro atoms. The van der Waals surface area contributed by atoms with Crippen molar-refractivity contribution in [1.82, 2.24) is 0 Å². The van der Waals surface area contributed by atoms with Gasteiger partial charge in [0.25, 0.3) is 0 Å². The lowest BCUT2D eigenvalue weighted by Gasteiger charge is -1.98. The maximum absolute atomic E-state index is 12.2. The van der Waals surface area contributed by atoms with E-state index in [0.29, 0.717) is 0 Å². The number of carbonyl (C=O) groups excluding carboxylic acids is 1. The monoisotopic (exact) mass is 272 g/mol. The van der Waals surface area contributed by atoms with Gasteiger partial charge in [-0.1, -0.05) is 46.3 Å². The zero-order valence-corrected chi connectivity index (χ0v) is 10.1. The molecule has 0 aliphatic heterocycles. The highest BCUT2D eigenvalue weighted by molar-refractivity contribution is 9.10. The fourth-order valence-electron chi connectivity index (χ4n) is 2.16. The van der Waals surface area contributed by atoms with Crippen molar-refractivity contribution < 1.29 is 4.79 Å². The Labute approximate surface area is 102 Å². The summed E-state index contributed by atoms with van der Waals surface area (Å²) in [5.41, 5.74) is 3.76. The molecule has 0 amide bonds. The Morgan fingerprint density at radius 1 is 1.12 bits per heavy atom. The first-order chi connectivity index (χ1) is 7.77. The van der Waals surface area contributed by atoms with Gasteiger partial charge in [0.2, 0.25) is 0 Å². The third-order valence-corrected chi connectivity index (χ3v) is 3.40. The second-order valence-corrected chi connectivity index (χ2v) is 4.80. The molecule has 78 valence electrons. The summed E-state index contributed by atoms with van der Waals surface area (Å²) >= 11 is 3.40. The molecule has 1 aromatic carbocycles. The van der Waals surface area contributed by atoms with E-state index in [9.17, 15) is 4.79 Å². The normalized spacial score (nSPS) is 17.4. The molecule has 0 N–H and O–H groups in total. The van der Waals surface area contributed by atoms with Crippen molar-refractivity contribution in [2.75, 3.05) is 0 Å². The van der Waals surface area contributed by atoms with Gasteiger partial charge < -0.3 is 0 Å². The van der Waals surface area contributed by atoms with Crippen LogP contribution in [0.25, 0.3) is 5.57 Å². The zero-order valence-electron chi connectivity index (χ0n) is 8.53. The van der Waals surface area contributed by atoms with Crippen molar-refractivity contribution in [3.05, 3.63) is 63.7 Å². The summed E-state index contributed by atoms with van der Waals surface area (Å²) in [6, 6.07) is 5.88. The minimum atomic E-state index is 0.145. The van der Waals surface area contributed by atoms with E-state index in [1.165, 1.54) is 0 Å². The van der Waals surface area contributed by atoms with Gasteiger partial charge in [-0.05, 0) is 29.7 Å². The second-order valence-electron chi connectivity index (χ2n) is 3.88. The summed E-state index contributed by atoms with van der Waals surface area (Å²) in [5.74, 6) is 0.145. The molecule has 16 heavy (non-hydrogen) atoms. The maximum Gasteiger partial charge on any atom is 0.194 e. The predicted octanol–water partition coefficient (Wildman–Crippen LogP) is 3.92. The quantitative estimate of drug-likeness (QED) is 0.700. The molecule has 2 heteroatoms. The number of fused-ring (bicyclic) bond motifs is 3. The van der Waals surface area contributed by atoms with Crippen LogP contribution in [0, 0.1) is 0 Å². The molecule has 2 aliphatic rings. The van der Waals surface area contributed by atoms with Gasteiger partial charge in [0.05, 0.1) is 0 Å². The zero-order chi connectivity index (χ0) is 11.1. The van der Waals surface area contributed by atoms with E-state index in [2.05, 4.69) is 22.0 Å². The number of carbonyl (C=O) groups is 1. The summed E-state index contributed by atoms with van der Waals surface area (Å²) in [6.45, 7) is 0. The molecule has 0 radical (unpaired) electrons. The molecule has 0 heterocycles. The highest BCUT2D eigenvalue weighted by Gasteiger charge is 2.29. The summed E-state index contributed by atoms with van der Waals surface area (Å²) in [5, 5.41) is 0. The van der Waals surface area contributed by atoms with E-state index >= 15 is 0 Å². The molecule has 0 aromatic heterocycles. The van der Waals surface area contributed by atoms with E-state index in [1.807, 2.05) is 36.4 Å². The van der Waals surface area contributed by atoms with Crippen molar-refractivity contribution in [2.45, 2.75) is 6.42 Å². The van der Waals surface area contributed by atoms with Crippen LogP contribution in [0.3, 0.4) is 0 Å². The summed E-state index contributed by atoms with van der Waals surface area (Å²) in [6.07, 6.45) is 8.94. The number of Topliss-reactive ketones (excluding diaryl/α,β-unsaturated/α-hetero) is 1. The van der Waals surface area contributed by atoms with Crippen molar-refractivity contribution >= 4 is 27.3 Å². The smallest absolute Gasteiger partial charge is 0.194 e. The first kappa shape index (κ1) is 9.79. The number of allylic oxidation sites excluding steroid dienone is 6. The average Bonchev–Trinajstić information content (AvgIpc) is 2.47. The van der Waals surface area contributed by atoms with Gasteiger partial charge in [-0.25, -0.2) is 0 Å². The minimum absolute atomic E-state index is 0.145. The van der Waals surface area contributed by atoms with Crippen LogP contribution in [0.15, 0.2) is 52.5 Å². The van der Waals surface area contributed by atoms with Gasteiger partial charge >= 0.3 is 0 Å². The van der Waals surface area contributed by atoms with Crippen LogP contribution < -0.4 is 0 Å². The minimum Gasteiger partial charge on any atom is -0.289 e. The van der Waals surface area contributed by atoms with E-state index in [1.54, 1.807) is 0 Å².